The molecular formula is C21H21ClN6O2. The molecule has 0 fully saturated rings. The van der Waals surface area contributed by atoms with E-state index in [1.807, 2.05) is 13.8 Å². The summed E-state index contributed by atoms with van der Waals surface area (Å²) in [4.78, 5) is 28.4. The summed E-state index contributed by atoms with van der Waals surface area (Å²) in [7, 11) is 0. The van der Waals surface area contributed by atoms with Crippen LogP contribution >= 0.6 is 11.6 Å². The second-order valence-corrected chi connectivity index (χ2v) is 7.58. The first kappa shape index (κ1) is 19.9. The molecule has 1 aliphatic heterocycles. The number of halogens is 1. The highest BCUT2D eigenvalue weighted by Crippen LogP contribution is 2.35. The Balaban J connectivity index is 1.51. The highest BCUT2D eigenvalue weighted by molar-refractivity contribution is 6.36. The zero-order valence-corrected chi connectivity index (χ0v) is 17.4. The summed E-state index contributed by atoms with van der Waals surface area (Å²) >= 11 is 6.10. The van der Waals surface area contributed by atoms with E-state index < -0.39 is 0 Å². The van der Waals surface area contributed by atoms with Gasteiger partial charge in [0.05, 0.1) is 17.3 Å². The number of aryl methyl sites for hydroxylation is 2. The van der Waals surface area contributed by atoms with E-state index in [0.29, 0.717) is 29.2 Å². The number of H-pyrrole nitrogens is 1. The van der Waals surface area contributed by atoms with Crippen LogP contribution in [-0.2, 0) is 11.3 Å². The van der Waals surface area contributed by atoms with Crippen LogP contribution in [0.5, 0.6) is 0 Å². The second-order valence-electron chi connectivity index (χ2n) is 7.14. The maximum Gasteiger partial charge on any atom is 0.256 e. The molecule has 30 heavy (non-hydrogen) atoms. The van der Waals surface area contributed by atoms with Crippen molar-refractivity contribution in [2.45, 2.75) is 26.8 Å². The fraction of sp³-hybridized carbons (Fsp3) is 0.238. The van der Waals surface area contributed by atoms with Crippen molar-refractivity contribution in [2.24, 2.45) is 0 Å². The van der Waals surface area contributed by atoms with Crippen LogP contribution in [0.3, 0.4) is 0 Å². The quantitative estimate of drug-likeness (QED) is 0.417. The summed E-state index contributed by atoms with van der Waals surface area (Å²) in [5, 5.41) is 14.0. The minimum Gasteiger partial charge on any atom is -0.358 e. The Kier molecular flexibility index (Phi) is 5.41. The summed E-state index contributed by atoms with van der Waals surface area (Å²) in [5.41, 5.74) is 4.83. The van der Waals surface area contributed by atoms with E-state index in [2.05, 4.69) is 25.9 Å². The molecule has 8 nitrogen and oxygen atoms in total. The first-order chi connectivity index (χ1) is 14.4. The Labute approximate surface area is 178 Å². The first-order valence-electron chi connectivity index (χ1n) is 9.58. The number of aromatic nitrogens is 4. The number of carbonyl (C=O) groups is 2. The molecular weight excluding hydrogens is 404 g/mol. The molecule has 3 heterocycles. The average molecular weight is 425 g/mol. The van der Waals surface area contributed by atoms with Crippen molar-refractivity contribution >= 4 is 40.8 Å². The smallest absolute Gasteiger partial charge is 0.256 e. The fourth-order valence-corrected chi connectivity index (χ4v) is 3.76. The standard InChI is InChI=1S/C21H21ClN6O2/c1-12-18(11-16-15-10-14(22)4-5-17(15)26-20(16)29)25-13(2)19(12)21(30)23-6-3-8-28-9-7-24-27-28/h4-5,7,9-11,25H,3,6,8H2,1-2H3,(H,23,30)(H,26,29)/b16-11-. The van der Waals surface area contributed by atoms with Crippen LogP contribution < -0.4 is 10.6 Å². The fourth-order valence-electron chi connectivity index (χ4n) is 3.59. The summed E-state index contributed by atoms with van der Waals surface area (Å²) in [6.45, 7) is 4.91. The number of benzene rings is 1. The van der Waals surface area contributed by atoms with Gasteiger partial charge in [0.25, 0.3) is 11.8 Å². The van der Waals surface area contributed by atoms with Crippen molar-refractivity contribution < 1.29 is 9.59 Å². The molecule has 3 aromatic rings. The van der Waals surface area contributed by atoms with Crippen LogP contribution in [0.4, 0.5) is 5.69 Å². The number of fused-ring (bicyclic) bond motifs is 1. The summed E-state index contributed by atoms with van der Waals surface area (Å²) in [6, 6.07) is 5.27. The maximum absolute atomic E-state index is 12.7. The lowest BCUT2D eigenvalue weighted by Crippen LogP contribution is -2.26. The van der Waals surface area contributed by atoms with Crippen LogP contribution in [0, 0.1) is 13.8 Å². The predicted octanol–water partition coefficient (Wildman–Crippen LogP) is 3.19. The number of anilines is 1. The molecule has 0 aliphatic carbocycles. The number of carbonyl (C=O) groups excluding carboxylic acids is 2. The molecule has 0 bridgehead atoms. The summed E-state index contributed by atoms with van der Waals surface area (Å²) in [6.07, 6.45) is 5.91. The largest absolute Gasteiger partial charge is 0.358 e. The van der Waals surface area contributed by atoms with E-state index in [1.54, 1.807) is 41.4 Å². The van der Waals surface area contributed by atoms with Crippen LogP contribution in [0.15, 0.2) is 30.6 Å². The lowest BCUT2D eigenvalue weighted by atomic mass is 10.0. The van der Waals surface area contributed by atoms with Gasteiger partial charge in [0.2, 0.25) is 0 Å². The molecule has 154 valence electrons. The number of nitrogens with zero attached hydrogens (tertiary/aromatic N) is 3. The normalized spacial score (nSPS) is 14.1. The van der Waals surface area contributed by atoms with Gasteiger partial charge >= 0.3 is 0 Å². The second kappa shape index (κ2) is 8.16. The molecule has 2 amide bonds. The minimum atomic E-state index is -0.196. The van der Waals surface area contributed by atoms with Crippen molar-refractivity contribution in [1.29, 1.82) is 0 Å². The zero-order chi connectivity index (χ0) is 21.3. The van der Waals surface area contributed by atoms with Gasteiger partial charge in [-0.2, -0.15) is 0 Å². The summed E-state index contributed by atoms with van der Waals surface area (Å²) in [5.74, 6) is -0.346. The predicted molar refractivity (Wildman–Crippen MR) is 115 cm³/mol. The third-order valence-corrected chi connectivity index (χ3v) is 5.31. The molecule has 3 N–H and O–H groups in total. The van der Waals surface area contributed by atoms with Gasteiger partial charge < -0.3 is 15.6 Å². The monoisotopic (exact) mass is 424 g/mol. The highest BCUT2D eigenvalue weighted by Gasteiger charge is 2.25. The van der Waals surface area contributed by atoms with Crippen LogP contribution in [0.25, 0.3) is 11.6 Å². The van der Waals surface area contributed by atoms with E-state index in [4.69, 9.17) is 11.6 Å². The van der Waals surface area contributed by atoms with E-state index in [0.717, 1.165) is 34.6 Å². The zero-order valence-electron chi connectivity index (χ0n) is 16.6. The van der Waals surface area contributed by atoms with E-state index >= 15 is 0 Å². The molecule has 0 atom stereocenters. The Bertz CT molecular complexity index is 1150. The molecule has 0 spiro atoms. The van der Waals surface area contributed by atoms with Crippen molar-refractivity contribution in [3.8, 4) is 0 Å². The van der Waals surface area contributed by atoms with E-state index in [9.17, 15) is 9.59 Å². The number of hydrogen-bond donors (Lipinski definition) is 3. The molecule has 0 saturated carbocycles. The Morgan fingerprint density at radius 2 is 2.17 bits per heavy atom. The SMILES string of the molecule is Cc1[nH]c(/C=C2\C(=O)Nc3ccc(Cl)cc32)c(C)c1C(=O)NCCCn1ccnn1. The van der Waals surface area contributed by atoms with Gasteiger partial charge in [-0.05, 0) is 50.1 Å². The van der Waals surface area contributed by atoms with Crippen LogP contribution in [0.2, 0.25) is 5.02 Å². The lowest BCUT2D eigenvalue weighted by molar-refractivity contribution is -0.110. The molecule has 1 aromatic carbocycles. The van der Waals surface area contributed by atoms with Crippen molar-refractivity contribution in [2.75, 3.05) is 11.9 Å². The first-order valence-corrected chi connectivity index (χ1v) is 9.96. The topological polar surface area (TPSA) is 105 Å². The lowest BCUT2D eigenvalue weighted by Gasteiger charge is -2.06. The number of rotatable bonds is 6. The Hall–Kier alpha value is -3.39. The van der Waals surface area contributed by atoms with Crippen molar-refractivity contribution in [1.82, 2.24) is 25.3 Å². The van der Waals surface area contributed by atoms with Crippen LogP contribution in [0.1, 0.15) is 39.3 Å². The highest BCUT2D eigenvalue weighted by atomic mass is 35.5. The molecule has 0 unspecified atom stereocenters. The number of hydrogen-bond acceptors (Lipinski definition) is 4. The minimum absolute atomic E-state index is 0.149. The van der Waals surface area contributed by atoms with E-state index in [-0.39, 0.29) is 11.8 Å². The van der Waals surface area contributed by atoms with Gasteiger partial charge in [-0.1, -0.05) is 16.8 Å². The van der Waals surface area contributed by atoms with Crippen molar-refractivity contribution in [3.63, 3.8) is 0 Å². The van der Waals surface area contributed by atoms with Gasteiger partial charge in [-0.3, -0.25) is 14.3 Å². The van der Waals surface area contributed by atoms with Crippen LogP contribution in [-0.4, -0.2) is 38.3 Å². The molecule has 0 saturated heterocycles. The third-order valence-electron chi connectivity index (χ3n) is 5.08. The molecule has 9 heteroatoms. The number of nitrogens with one attached hydrogen (secondary N) is 3. The third kappa shape index (κ3) is 3.86. The Morgan fingerprint density at radius 3 is 2.93 bits per heavy atom. The maximum atomic E-state index is 12.7. The molecule has 2 aromatic heterocycles. The number of amides is 2. The van der Waals surface area contributed by atoms with Gasteiger partial charge in [0.15, 0.2) is 0 Å². The summed E-state index contributed by atoms with van der Waals surface area (Å²) < 4.78 is 1.72. The molecule has 4 rings (SSSR count). The van der Waals surface area contributed by atoms with Gasteiger partial charge in [-0.25, -0.2) is 0 Å². The molecule has 0 radical (unpaired) electrons. The average Bonchev–Trinajstić information content (AvgIpc) is 3.39. The Morgan fingerprint density at radius 1 is 1.33 bits per heavy atom. The molecule has 1 aliphatic rings. The van der Waals surface area contributed by atoms with Gasteiger partial charge in [0, 0.05) is 46.9 Å². The van der Waals surface area contributed by atoms with E-state index in [1.165, 1.54) is 0 Å². The van der Waals surface area contributed by atoms with Gasteiger partial charge in [-0.15, -0.1) is 5.10 Å². The van der Waals surface area contributed by atoms with Crippen molar-refractivity contribution in [3.05, 3.63) is 63.7 Å². The van der Waals surface area contributed by atoms with Gasteiger partial charge in [0.1, 0.15) is 0 Å². The number of aromatic amines is 1.